The van der Waals surface area contributed by atoms with E-state index in [1.807, 2.05) is 0 Å². The fraction of sp³-hybridized carbons (Fsp3) is 0.625. The molecule has 2 N–H and O–H groups in total. The number of likely N-dealkylation sites (N-methyl/N-ethyl adjacent to an activating group) is 1. The number of nitrogens with one attached hydrogen (secondary N) is 1. The first-order chi connectivity index (χ1) is 6.57. The van der Waals surface area contributed by atoms with Crippen molar-refractivity contribution >= 4 is 17.8 Å². The predicted molar refractivity (Wildman–Crippen MR) is 46.4 cm³/mol. The average molecular weight is 200 g/mol. The lowest BCUT2D eigenvalue weighted by atomic mass is 10.2. The Balaban J connectivity index is 2.73. The maximum atomic E-state index is 11.3. The minimum atomic E-state index is -1.51. The summed E-state index contributed by atoms with van der Waals surface area (Å²) in [4.78, 5) is 33.9. The third-order valence-corrected chi connectivity index (χ3v) is 2.25. The lowest BCUT2D eigenvalue weighted by Crippen LogP contribution is -2.47. The highest BCUT2D eigenvalue weighted by Crippen LogP contribution is 2.17. The Hall–Kier alpha value is -1.59. The van der Waals surface area contributed by atoms with Crippen LogP contribution < -0.4 is 5.32 Å². The number of carbonyl (C=O) groups excluding carboxylic acids is 2. The van der Waals surface area contributed by atoms with Crippen LogP contribution in [-0.2, 0) is 14.4 Å². The molecule has 1 aliphatic heterocycles. The molecule has 78 valence electrons. The normalized spacial score (nSPS) is 20.6. The van der Waals surface area contributed by atoms with Crippen LogP contribution in [0.1, 0.15) is 12.8 Å². The zero-order valence-electron chi connectivity index (χ0n) is 7.82. The molecule has 1 rings (SSSR count). The second-order valence-electron chi connectivity index (χ2n) is 3.08. The number of likely N-dealkylation sites (tertiary alicyclic amines) is 1. The first kappa shape index (κ1) is 10.5. The second kappa shape index (κ2) is 4.08. The van der Waals surface area contributed by atoms with Crippen molar-refractivity contribution in [2.24, 2.45) is 0 Å². The van der Waals surface area contributed by atoms with Gasteiger partial charge in [-0.25, -0.2) is 4.79 Å². The quantitative estimate of drug-likeness (QED) is 0.521. The molecule has 2 amide bonds. The number of aliphatic carboxylic acids is 1. The molecule has 1 aliphatic rings. The molecule has 0 saturated carbocycles. The van der Waals surface area contributed by atoms with Crippen molar-refractivity contribution in [3.8, 4) is 0 Å². The molecule has 0 aromatic carbocycles. The van der Waals surface area contributed by atoms with Gasteiger partial charge < -0.3 is 15.3 Å². The van der Waals surface area contributed by atoms with E-state index in [4.69, 9.17) is 5.11 Å². The lowest BCUT2D eigenvalue weighted by Gasteiger charge is -2.20. The summed E-state index contributed by atoms with van der Waals surface area (Å²) in [6.45, 7) is 0.337. The van der Waals surface area contributed by atoms with Gasteiger partial charge in [-0.15, -0.1) is 0 Å². The summed E-state index contributed by atoms with van der Waals surface area (Å²) in [5.74, 6) is -2.82. The van der Waals surface area contributed by atoms with Crippen LogP contribution in [0.15, 0.2) is 0 Å². The molecule has 0 aromatic rings. The van der Waals surface area contributed by atoms with Crippen LogP contribution in [0.3, 0.4) is 0 Å². The largest absolute Gasteiger partial charge is 0.474 e. The minimum Gasteiger partial charge on any atom is -0.474 e. The highest BCUT2D eigenvalue weighted by molar-refractivity contribution is 6.32. The lowest BCUT2D eigenvalue weighted by molar-refractivity contribution is -0.157. The van der Waals surface area contributed by atoms with Crippen LogP contribution in [0.5, 0.6) is 0 Å². The van der Waals surface area contributed by atoms with E-state index in [1.165, 1.54) is 7.05 Å². The molecular weight excluding hydrogens is 188 g/mol. The summed E-state index contributed by atoms with van der Waals surface area (Å²) >= 11 is 0. The highest BCUT2D eigenvalue weighted by atomic mass is 16.4. The zero-order chi connectivity index (χ0) is 10.7. The molecule has 14 heavy (non-hydrogen) atoms. The number of carbonyl (C=O) groups is 3. The van der Waals surface area contributed by atoms with Crippen LogP contribution in [0.4, 0.5) is 0 Å². The summed E-state index contributed by atoms with van der Waals surface area (Å²) in [5.41, 5.74) is 0. The summed E-state index contributed by atoms with van der Waals surface area (Å²) in [7, 11) is 1.46. The van der Waals surface area contributed by atoms with E-state index in [9.17, 15) is 14.4 Å². The molecule has 0 aromatic heterocycles. The van der Waals surface area contributed by atoms with Gasteiger partial charge in [0.05, 0.1) is 0 Å². The third kappa shape index (κ3) is 1.84. The van der Waals surface area contributed by atoms with E-state index in [2.05, 4.69) is 5.32 Å². The Kier molecular flexibility index (Phi) is 3.06. The van der Waals surface area contributed by atoms with Crippen molar-refractivity contribution in [2.45, 2.75) is 18.9 Å². The Labute approximate surface area is 80.9 Å². The van der Waals surface area contributed by atoms with Gasteiger partial charge in [-0.2, -0.15) is 0 Å². The molecule has 1 saturated heterocycles. The molecule has 6 nitrogen and oxygen atoms in total. The molecule has 6 heteroatoms. The number of carboxylic acid groups (broad SMARTS) is 1. The number of hydrogen-bond acceptors (Lipinski definition) is 3. The van der Waals surface area contributed by atoms with Crippen molar-refractivity contribution in [1.29, 1.82) is 0 Å². The smallest absolute Gasteiger partial charge is 0.394 e. The first-order valence-corrected chi connectivity index (χ1v) is 4.33. The van der Waals surface area contributed by atoms with Crippen molar-refractivity contribution in [2.75, 3.05) is 13.6 Å². The third-order valence-electron chi connectivity index (χ3n) is 2.25. The fourth-order valence-electron chi connectivity index (χ4n) is 1.57. The van der Waals surface area contributed by atoms with Crippen LogP contribution >= 0.6 is 0 Å². The van der Waals surface area contributed by atoms with Crippen LogP contribution in [0, 0.1) is 0 Å². The van der Waals surface area contributed by atoms with Crippen molar-refractivity contribution in [1.82, 2.24) is 10.2 Å². The molecule has 0 bridgehead atoms. The van der Waals surface area contributed by atoms with Gasteiger partial charge in [0.15, 0.2) is 0 Å². The number of hydrogen-bond donors (Lipinski definition) is 2. The average Bonchev–Trinajstić information content (AvgIpc) is 2.63. The maximum Gasteiger partial charge on any atom is 0.394 e. The summed E-state index contributed by atoms with van der Waals surface area (Å²) < 4.78 is 0. The zero-order valence-corrected chi connectivity index (χ0v) is 7.82. The van der Waals surface area contributed by atoms with Gasteiger partial charge >= 0.3 is 11.9 Å². The molecule has 1 atom stereocenters. The summed E-state index contributed by atoms with van der Waals surface area (Å²) in [6, 6.07) is -0.622. The van der Waals surface area contributed by atoms with E-state index in [-0.39, 0.29) is 5.91 Å². The van der Waals surface area contributed by atoms with E-state index in [1.54, 1.807) is 0 Å². The highest BCUT2D eigenvalue weighted by Gasteiger charge is 2.36. The number of carboxylic acids is 1. The molecule has 1 fully saturated rings. The first-order valence-electron chi connectivity index (χ1n) is 4.33. The summed E-state index contributed by atoms with van der Waals surface area (Å²) in [5, 5.41) is 10.9. The van der Waals surface area contributed by atoms with Gasteiger partial charge in [-0.3, -0.25) is 9.59 Å². The molecule has 0 aliphatic carbocycles. The van der Waals surface area contributed by atoms with Crippen molar-refractivity contribution in [3.05, 3.63) is 0 Å². The van der Waals surface area contributed by atoms with Gasteiger partial charge in [0.25, 0.3) is 0 Å². The molecular formula is C8H12N2O4. The SMILES string of the molecule is CNC(=O)[C@@H]1CCCN1C(=O)C(=O)O. The van der Waals surface area contributed by atoms with Crippen molar-refractivity contribution < 1.29 is 19.5 Å². The minimum absolute atomic E-state index is 0.308. The predicted octanol–water partition coefficient (Wildman–Crippen LogP) is -1.19. The molecule has 1 heterocycles. The second-order valence-corrected chi connectivity index (χ2v) is 3.08. The van der Waals surface area contributed by atoms with E-state index in [0.29, 0.717) is 19.4 Å². The monoisotopic (exact) mass is 200 g/mol. The van der Waals surface area contributed by atoms with Gasteiger partial charge in [-0.05, 0) is 12.8 Å². The molecule has 0 radical (unpaired) electrons. The standard InChI is InChI=1S/C8H12N2O4/c1-9-6(11)5-3-2-4-10(5)7(12)8(13)14/h5H,2-4H2,1H3,(H,9,11)(H,13,14)/t5-/m0/s1. The van der Waals surface area contributed by atoms with Crippen LogP contribution in [0.2, 0.25) is 0 Å². The van der Waals surface area contributed by atoms with Crippen molar-refractivity contribution in [3.63, 3.8) is 0 Å². The van der Waals surface area contributed by atoms with E-state index < -0.39 is 17.9 Å². The number of nitrogens with zero attached hydrogens (tertiary/aromatic N) is 1. The van der Waals surface area contributed by atoms with Crippen LogP contribution in [0.25, 0.3) is 0 Å². The Morgan fingerprint density at radius 2 is 2.07 bits per heavy atom. The Morgan fingerprint density at radius 3 is 2.57 bits per heavy atom. The van der Waals surface area contributed by atoms with E-state index >= 15 is 0 Å². The van der Waals surface area contributed by atoms with Gasteiger partial charge in [0.2, 0.25) is 5.91 Å². The molecule has 0 spiro atoms. The fourth-order valence-corrected chi connectivity index (χ4v) is 1.57. The van der Waals surface area contributed by atoms with E-state index in [0.717, 1.165) is 4.90 Å². The number of amides is 2. The van der Waals surface area contributed by atoms with Gasteiger partial charge in [0.1, 0.15) is 6.04 Å². The topological polar surface area (TPSA) is 86.7 Å². The van der Waals surface area contributed by atoms with Crippen LogP contribution in [-0.4, -0.2) is 47.4 Å². The van der Waals surface area contributed by atoms with Gasteiger partial charge in [-0.1, -0.05) is 0 Å². The summed E-state index contributed by atoms with van der Waals surface area (Å²) in [6.07, 6.45) is 1.19. The number of rotatable bonds is 1. The maximum absolute atomic E-state index is 11.3. The van der Waals surface area contributed by atoms with Gasteiger partial charge in [0, 0.05) is 13.6 Å². The Morgan fingerprint density at radius 1 is 1.43 bits per heavy atom. The molecule has 0 unspecified atom stereocenters. The Bertz CT molecular complexity index is 277.